The van der Waals surface area contributed by atoms with E-state index in [0.717, 1.165) is 5.69 Å². The number of carbonyl (C=O) groups is 1. The van der Waals surface area contributed by atoms with Gasteiger partial charge in [0.05, 0.1) is 18.4 Å². The molecule has 1 amide bonds. The maximum atomic E-state index is 11.1. The number of rotatable bonds is 4. The minimum atomic E-state index is -0.0312. The van der Waals surface area contributed by atoms with E-state index in [-0.39, 0.29) is 11.7 Å². The molecule has 0 aliphatic carbocycles. The number of amides is 1. The third kappa shape index (κ3) is 3.95. The number of aromatic nitrogens is 1. The van der Waals surface area contributed by atoms with Crippen LogP contribution in [-0.4, -0.2) is 41.5 Å². The van der Waals surface area contributed by atoms with Gasteiger partial charge < -0.3 is 10.4 Å². The Labute approximate surface area is 88.7 Å². The van der Waals surface area contributed by atoms with E-state index in [9.17, 15) is 4.79 Å². The Kier molecular flexibility index (Phi) is 4.05. The molecule has 0 unspecified atom stereocenters. The Morgan fingerprint density at radius 3 is 2.87 bits per heavy atom. The lowest BCUT2D eigenvalue weighted by atomic mass is 10.3. The van der Waals surface area contributed by atoms with Crippen LogP contribution in [0.15, 0.2) is 18.3 Å². The van der Waals surface area contributed by atoms with Gasteiger partial charge >= 0.3 is 0 Å². The lowest BCUT2D eigenvalue weighted by molar-refractivity contribution is -0.121. The summed E-state index contributed by atoms with van der Waals surface area (Å²) in [5, 5.41) is 11.6. The first-order valence-electron chi connectivity index (χ1n) is 4.65. The third-order valence-corrected chi connectivity index (χ3v) is 1.93. The topological polar surface area (TPSA) is 65.5 Å². The molecule has 0 aliphatic heterocycles. The number of carbonyl (C=O) groups excluding carboxylic acids is 1. The van der Waals surface area contributed by atoms with Crippen LogP contribution >= 0.6 is 0 Å². The van der Waals surface area contributed by atoms with Gasteiger partial charge in [-0.2, -0.15) is 0 Å². The van der Waals surface area contributed by atoms with Crippen LogP contribution in [0, 0.1) is 0 Å². The number of nitrogens with one attached hydrogen (secondary N) is 1. The second kappa shape index (κ2) is 5.31. The van der Waals surface area contributed by atoms with Gasteiger partial charge in [-0.3, -0.25) is 14.7 Å². The Morgan fingerprint density at radius 1 is 1.60 bits per heavy atom. The number of nitrogens with zero attached hydrogens (tertiary/aromatic N) is 2. The molecular weight excluding hydrogens is 194 g/mol. The number of pyridine rings is 1. The second-order valence-corrected chi connectivity index (χ2v) is 3.35. The summed E-state index contributed by atoms with van der Waals surface area (Å²) in [7, 11) is 3.44. The van der Waals surface area contributed by atoms with Gasteiger partial charge in [0.25, 0.3) is 0 Å². The minimum absolute atomic E-state index is 0.0312. The smallest absolute Gasteiger partial charge is 0.233 e. The monoisotopic (exact) mass is 209 g/mol. The molecule has 1 aromatic rings. The summed E-state index contributed by atoms with van der Waals surface area (Å²) in [5.41, 5.74) is 0.819. The van der Waals surface area contributed by atoms with Crippen molar-refractivity contribution in [3.05, 3.63) is 24.0 Å². The molecule has 0 aliphatic rings. The normalized spacial score (nSPS) is 10.3. The van der Waals surface area contributed by atoms with Crippen LogP contribution in [0.1, 0.15) is 5.69 Å². The van der Waals surface area contributed by atoms with Gasteiger partial charge in [-0.1, -0.05) is 0 Å². The van der Waals surface area contributed by atoms with E-state index in [1.54, 1.807) is 19.2 Å². The predicted octanol–water partition coefficient (Wildman–Crippen LogP) is -0.0350. The number of likely N-dealkylation sites (N-methyl/N-ethyl adjacent to an activating group) is 2. The molecule has 0 bridgehead atoms. The minimum Gasteiger partial charge on any atom is -0.506 e. The zero-order valence-electron chi connectivity index (χ0n) is 8.90. The van der Waals surface area contributed by atoms with Gasteiger partial charge in [0.2, 0.25) is 5.91 Å². The summed E-state index contributed by atoms with van der Waals surface area (Å²) in [6.45, 7) is 0.909. The lowest BCUT2D eigenvalue weighted by Crippen LogP contribution is -2.32. The summed E-state index contributed by atoms with van der Waals surface area (Å²) < 4.78 is 0. The molecule has 5 nitrogen and oxygen atoms in total. The van der Waals surface area contributed by atoms with Crippen LogP contribution in [0.4, 0.5) is 0 Å². The van der Waals surface area contributed by atoms with Gasteiger partial charge in [-0.05, 0) is 19.2 Å². The van der Waals surface area contributed by atoms with Crippen molar-refractivity contribution in [3.63, 3.8) is 0 Å². The zero-order valence-corrected chi connectivity index (χ0v) is 8.90. The van der Waals surface area contributed by atoms with E-state index in [1.165, 1.54) is 6.20 Å². The van der Waals surface area contributed by atoms with Crippen molar-refractivity contribution in [1.29, 1.82) is 0 Å². The van der Waals surface area contributed by atoms with Crippen molar-refractivity contribution in [1.82, 2.24) is 15.2 Å². The summed E-state index contributed by atoms with van der Waals surface area (Å²) in [6.07, 6.45) is 1.39. The Bertz CT molecular complexity index is 324. The first-order chi connectivity index (χ1) is 7.11. The highest BCUT2D eigenvalue weighted by Gasteiger charge is 2.05. The molecular formula is C10H15N3O2. The first kappa shape index (κ1) is 11.5. The second-order valence-electron chi connectivity index (χ2n) is 3.35. The van der Waals surface area contributed by atoms with Crippen molar-refractivity contribution >= 4 is 5.91 Å². The molecule has 2 N–H and O–H groups in total. The highest BCUT2D eigenvalue weighted by Crippen LogP contribution is 2.07. The van der Waals surface area contributed by atoms with Crippen molar-refractivity contribution < 1.29 is 9.90 Å². The van der Waals surface area contributed by atoms with Crippen molar-refractivity contribution in [3.8, 4) is 5.75 Å². The average molecular weight is 209 g/mol. The van der Waals surface area contributed by atoms with Crippen molar-refractivity contribution in [2.75, 3.05) is 20.6 Å². The van der Waals surface area contributed by atoms with E-state index in [4.69, 9.17) is 5.11 Å². The van der Waals surface area contributed by atoms with Gasteiger partial charge in [-0.25, -0.2) is 0 Å². The molecule has 1 heterocycles. The molecule has 5 heteroatoms. The van der Waals surface area contributed by atoms with E-state index in [1.807, 2.05) is 11.9 Å². The van der Waals surface area contributed by atoms with Crippen LogP contribution in [-0.2, 0) is 11.3 Å². The maximum Gasteiger partial charge on any atom is 0.233 e. The van der Waals surface area contributed by atoms with E-state index < -0.39 is 0 Å². The summed E-state index contributed by atoms with van der Waals surface area (Å²) >= 11 is 0. The largest absolute Gasteiger partial charge is 0.506 e. The number of hydrogen-bond acceptors (Lipinski definition) is 4. The zero-order chi connectivity index (χ0) is 11.3. The Morgan fingerprint density at radius 2 is 2.33 bits per heavy atom. The van der Waals surface area contributed by atoms with Gasteiger partial charge in [0, 0.05) is 13.6 Å². The fourth-order valence-electron chi connectivity index (χ4n) is 1.17. The highest BCUT2D eigenvalue weighted by molar-refractivity contribution is 5.77. The van der Waals surface area contributed by atoms with Crippen LogP contribution < -0.4 is 5.32 Å². The molecule has 0 saturated heterocycles. The quantitative estimate of drug-likeness (QED) is 0.730. The highest BCUT2D eigenvalue weighted by atomic mass is 16.3. The van der Waals surface area contributed by atoms with Gasteiger partial charge in [0.15, 0.2) is 0 Å². The standard InChI is InChI=1S/C10H15N3O2/c1-11-10(15)7-13(2)6-8-3-4-9(14)5-12-8/h3-5,14H,6-7H2,1-2H3,(H,11,15). The Balaban J connectivity index is 2.47. The number of aromatic hydroxyl groups is 1. The molecule has 82 valence electrons. The van der Waals surface area contributed by atoms with Gasteiger partial charge in [0.1, 0.15) is 5.75 Å². The van der Waals surface area contributed by atoms with Crippen LogP contribution in [0.5, 0.6) is 5.75 Å². The van der Waals surface area contributed by atoms with Gasteiger partial charge in [-0.15, -0.1) is 0 Å². The van der Waals surface area contributed by atoms with Crippen LogP contribution in [0.25, 0.3) is 0 Å². The van der Waals surface area contributed by atoms with E-state index in [0.29, 0.717) is 13.1 Å². The summed E-state index contributed by atoms with van der Waals surface area (Å²) in [6, 6.07) is 3.31. The summed E-state index contributed by atoms with van der Waals surface area (Å²) in [5.74, 6) is 0.115. The Hall–Kier alpha value is -1.62. The molecule has 0 saturated carbocycles. The van der Waals surface area contributed by atoms with Crippen molar-refractivity contribution in [2.24, 2.45) is 0 Å². The molecule has 0 radical (unpaired) electrons. The van der Waals surface area contributed by atoms with Crippen LogP contribution in [0.3, 0.4) is 0 Å². The van der Waals surface area contributed by atoms with Crippen molar-refractivity contribution in [2.45, 2.75) is 6.54 Å². The molecule has 15 heavy (non-hydrogen) atoms. The van der Waals surface area contributed by atoms with E-state index >= 15 is 0 Å². The maximum absolute atomic E-state index is 11.1. The summed E-state index contributed by atoms with van der Waals surface area (Å²) in [4.78, 5) is 16.9. The first-order valence-corrected chi connectivity index (χ1v) is 4.65. The van der Waals surface area contributed by atoms with Crippen LogP contribution in [0.2, 0.25) is 0 Å². The molecule has 0 aromatic carbocycles. The SMILES string of the molecule is CNC(=O)CN(C)Cc1ccc(O)cn1. The molecule has 0 atom stereocenters. The van der Waals surface area contributed by atoms with E-state index in [2.05, 4.69) is 10.3 Å². The predicted molar refractivity (Wildman–Crippen MR) is 56.3 cm³/mol. The fourth-order valence-corrected chi connectivity index (χ4v) is 1.17. The third-order valence-electron chi connectivity index (χ3n) is 1.93. The average Bonchev–Trinajstić information content (AvgIpc) is 2.21. The molecule has 0 fully saturated rings. The molecule has 1 rings (SSSR count). The number of hydrogen-bond donors (Lipinski definition) is 2. The molecule has 0 spiro atoms. The molecule has 1 aromatic heterocycles. The fraction of sp³-hybridized carbons (Fsp3) is 0.400. The lowest BCUT2D eigenvalue weighted by Gasteiger charge is -2.14.